The molecule has 112 valence electrons. The Morgan fingerprint density at radius 2 is 2.05 bits per heavy atom. The quantitative estimate of drug-likeness (QED) is 0.893. The topological polar surface area (TPSA) is 22.9 Å². The predicted octanol–water partition coefficient (Wildman–Crippen LogP) is 2.25. The Kier molecular flexibility index (Phi) is 4.92. The average Bonchev–Trinajstić information content (AvgIpc) is 2.41. The summed E-state index contributed by atoms with van der Waals surface area (Å²) in [5, 5.41) is 0. The smallest absolute Gasteiger partial charge is 0.161 e. The first-order valence-corrected chi connectivity index (χ1v) is 7.72. The van der Waals surface area contributed by atoms with Gasteiger partial charge in [-0.05, 0) is 30.5 Å². The molecule has 0 aromatic heterocycles. The number of hydrogen-bond acceptors (Lipinski definition) is 2. The summed E-state index contributed by atoms with van der Waals surface area (Å²) in [4.78, 5) is 1.61. The van der Waals surface area contributed by atoms with Crippen LogP contribution in [0, 0.1) is 5.92 Å². The van der Waals surface area contributed by atoms with E-state index >= 15 is 0 Å². The summed E-state index contributed by atoms with van der Waals surface area (Å²) in [5.74, 6) is 2.46. The van der Waals surface area contributed by atoms with Crippen molar-refractivity contribution >= 4 is 0 Å². The van der Waals surface area contributed by atoms with Gasteiger partial charge in [0.05, 0.1) is 27.3 Å². The van der Waals surface area contributed by atoms with Crippen LogP contribution in [0.2, 0.25) is 0 Å². The maximum atomic E-state index is 5.75. The molecule has 0 saturated carbocycles. The number of quaternary nitrogens is 1. The Labute approximate surface area is 122 Å². The van der Waals surface area contributed by atoms with Crippen molar-refractivity contribution in [2.45, 2.75) is 39.7 Å². The number of likely N-dealkylation sites (N-methyl/N-ethyl adjacent to an activating group) is 1. The highest BCUT2D eigenvalue weighted by atomic mass is 16.5. The van der Waals surface area contributed by atoms with Crippen LogP contribution in [0.3, 0.4) is 0 Å². The van der Waals surface area contributed by atoms with Gasteiger partial charge in [0.2, 0.25) is 0 Å². The molecule has 1 aromatic rings. The van der Waals surface area contributed by atoms with Gasteiger partial charge in [0, 0.05) is 18.4 Å². The summed E-state index contributed by atoms with van der Waals surface area (Å²) in [7, 11) is 4.02. The third-order valence-electron chi connectivity index (χ3n) is 4.19. The van der Waals surface area contributed by atoms with E-state index in [1.807, 2.05) is 6.92 Å². The second-order valence-corrected chi connectivity index (χ2v) is 6.16. The number of hydrogen-bond donors (Lipinski definition) is 1. The van der Waals surface area contributed by atoms with Crippen LogP contribution < -0.4 is 14.4 Å². The summed E-state index contributed by atoms with van der Waals surface area (Å²) in [5.41, 5.74) is 2.88. The summed E-state index contributed by atoms with van der Waals surface area (Å²) in [6, 6.07) is 4.97. The number of fused-ring (bicyclic) bond motifs is 1. The lowest BCUT2D eigenvalue weighted by Gasteiger charge is -2.33. The fraction of sp³-hybridized carbons (Fsp3) is 0.647. The van der Waals surface area contributed by atoms with E-state index < -0.39 is 0 Å². The van der Waals surface area contributed by atoms with E-state index in [1.54, 1.807) is 12.0 Å². The van der Waals surface area contributed by atoms with E-state index in [2.05, 4.69) is 33.0 Å². The van der Waals surface area contributed by atoms with Gasteiger partial charge in [0.25, 0.3) is 0 Å². The van der Waals surface area contributed by atoms with Crippen molar-refractivity contribution < 1.29 is 14.4 Å². The Morgan fingerprint density at radius 1 is 1.30 bits per heavy atom. The molecular weight excluding hydrogens is 250 g/mol. The highest BCUT2D eigenvalue weighted by Crippen LogP contribution is 2.35. The van der Waals surface area contributed by atoms with Crippen molar-refractivity contribution in [2.24, 2.45) is 5.92 Å². The number of ether oxygens (including phenoxy) is 2. The minimum Gasteiger partial charge on any atom is -0.493 e. The highest BCUT2D eigenvalue weighted by Gasteiger charge is 2.30. The third-order valence-corrected chi connectivity index (χ3v) is 4.19. The fourth-order valence-corrected chi connectivity index (χ4v) is 3.16. The Hall–Kier alpha value is -1.22. The second kappa shape index (κ2) is 6.49. The van der Waals surface area contributed by atoms with E-state index in [4.69, 9.17) is 9.47 Å². The fourth-order valence-electron chi connectivity index (χ4n) is 3.16. The van der Waals surface area contributed by atoms with E-state index in [1.165, 1.54) is 24.1 Å². The molecule has 3 nitrogen and oxygen atoms in total. The Bertz CT molecular complexity index is 457. The molecular formula is C17H28NO2+. The van der Waals surface area contributed by atoms with E-state index in [0.717, 1.165) is 17.9 Å². The Morgan fingerprint density at radius 3 is 2.65 bits per heavy atom. The molecule has 1 aromatic carbocycles. The molecule has 1 aliphatic rings. The van der Waals surface area contributed by atoms with E-state index in [-0.39, 0.29) is 0 Å². The standard InChI is InChI=1S/C17H27NO2/c1-6-20-17-11-14-13(10-16(17)19-5)7-8-18(4)15(14)9-12(2)3/h10-12,15H,6-9H2,1-5H3/p+1/t15-/m0/s1. The van der Waals surface area contributed by atoms with Gasteiger partial charge in [-0.15, -0.1) is 0 Å². The lowest BCUT2D eigenvalue weighted by atomic mass is 9.87. The molecule has 0 aliphatic carbocycles. The van der Waals surface area contributed by atoms with E-state index in [0.29, 0.717) is 18.6 Å². The van der Waals surface area contributed by atoms with Crippen molar-refractivity contribution in [3.63, 3.8) is 0 Å². The molecule has 1 heterocycles. The number of benzene rings is 1. The van der Waals surface area contributed by atoms with Gasteiger partial charge in [-0.2, -0.15) is 0 Å². The Balaban J connectivity index is 2.41. The minimum atomic E-state index is 0.573. The average molecular weight is 278 g/mol. The minimum absolute atomic E-state index is 0.573. The molecule has 0 bridgehead atoms. The highest BCUT2D eigenvalue weighted by molar-refractivity contribution is 5.48. The normalized spacial score (nSPS) is 21.7. The van der Waals surface area contributed by atoms with Gasteiger partial charge in [-0.1, -0.05) is 13.8 Å². The molecule has 2 rings (SSSR count). The molecule has 3 heteroatoms. The van der Waals surface area contributed by atoms with Crippen LogP contribution in [0.5, 0.6) is 11.5 Å². The number of nitrogens with one attached hydrogen (secondary N) is 1. The summed E-state index contributed by atoms with van der Waals surface area (Å²) in [6.45, 7) is 8.49. The molecule has 0 radical (unpaired) electrons. The van der Waals surface area contributed by atoms with Gasteiger partial charge in [-0.3, -0.25) is 0 Å². The third kappa shape index (κ3) is 3.09. The lowest BCUT2D eigenvalue weighted by molar-refractivity contribution is -0.915. The van der Waals surface area contributed by atoms with Crippen LogP contribution in [0.15, 0.2) is 12.1 Å². The zero-order valence-corrected chi connectivity index (χ0v) is 13.5. The number of methoxy groups -OCH3 is 1. The molecule has 1 unspecified atom stereocenters. The molecule has 0 spiro atoms. The maximum Gasteiger partial charge on any atom is 0.161 e. The molecule has 1 N–H and O–H groups in total. The molecule has 0 saturated heterocycles. The second-order valence-electron chi connectivity index (χ2n) is 6.16. The first kappa shape index (κ1) is 15.2. The van der Waals surface area contributed by atoms with Gasteiger partial charge in [0.15, 0.2) is 11.5 Å². The summed E-state index contributed by atoms with van der Waals surface area (Å²) >= 11 is 0. The monoisotopic (exact) mass is 278 g/mol. The van der Waals surface area contributed by atoms with Crippen LogP contribution in [-0.4, -0.2) is 27.3 Å². The predicted molar refractivity (Wildman–Crippen MR) is 81.8 cm³/mol. The summed E-state index contributed by atoms with van der Waals surface area (Å²) in [6.07, 6.45) is 2.34. The molecule has 1 aliphatic heterocycles. The zero-order chi connectivity index (χ0) is 14.7. The summed E-state index contributed by atoms with van der Waals surface area (Å²) < 4.78 is 11.2. The molecule has 0 fully saturated rings. The van der Waals surface area contributed by atoms with Gasteiger partial charge in [-0.25, -0.2) is 0 Å². The van der Waals surface area contributed by atoms with Gasteiger partial charge >= 0.3 is 0 Å². The maximum absolute atomic E-state index is 5.75. The molecule has 0 amide bonds. The first-order valence-electron chi connectivity index (χ1n) is 7.72. The number of rotatable bonds is 5. The zero-order valence-electron chi connectivity index (χ0n) is 13.5. The van der Waals surface area contributed by atoms with Crippen LogP contribution in [-0.2, 0) is 6.42 Å². The van der Waals surface area contributed by atoms with Gasteiger partial charge < -0.3 is 14.4 Å². The SMILES string of the molecule is CCOc1cc2c(cc1OC)CC[NH+](C)[C@H]2CC(C)C. The van der Waals surface area contributed by atoms with E-state index in [9.17, 15) is 0 Å². The van der Waals surface area contributed by atoms with Crippen LogP contribution >= 0.6 is 0 Å². The van der Waals surface area contributed by atoms with Crippen molar-refractivity contribution in [1.29, 1.82) is 0 Å². The van der Waals surface area contributed by atoms with Crippen molar-refractivity contribution in [1.82, 2.24) is 0 Å². The van der Waals surface area contributed by atoms with Gasteiger partial charge in [0.1, 0.15) is 6.04 Å². The van der Waals surface area contributed by atoms with Crippen molar-refractivity contribution in [3.8, 4) is 11.5 Å². The van der Waals surface area contributed by atoms with Crippen molar-refractivity contribution in [2.75, 3.05) is 27.3 Å². The van der Waals surface area contributed by atoms with Crippen LogP contribution in [0.4, 0.5) is 0 Å². The van der Waals surface area contributed by atoms with Crippen LogP contribution in [0.25, 0.3) is 0 Å². The van der Waals surface area contributed by atoms with Crippen LogP contribution in [0.1, 0.15) is 44.4 Å². The first-order chi connectivity index (χ1) is 9.56. The molecule has 2 atom stereocenters. The lowest BCUT2D eigenvalue weighted by Crippen LogP contribution is -3.10. The largest absolute Gasteiger partial charge is 0.493 e. The van der Waals surface area contributed by atoms with Crippen molar-refractivity contribution in [3.05, 3.63) is 23.3 Å². The molecule has 20 heavy (non-hydrogen) atoms.